The second-order valence-electron chi connectivity index (χ2n) is 3.29. The lowest BCUT2D eigenvalue weighted by atomic mass is 10.3. The summed E-state index contributed by atoms with van der Waals surface area (Å²) < 4.78 is 5.37. The van der Waals surface area contributed by atoms with E-state index in [1.807, 2.05) is 18.2 Å². The number of ether oxygens (including phenoxy) is 1. The molecule has 0 aliphatic carbocycles. The summed E-state index contributed by atoms with van der Waals surface area (Å²) in [7, 11) is 0. The summed E-state index contributed by atoms with van der Waals surface area (Å²) in [5, 5.41) is 18.5. The van der Waals surface area contributed by atoms with Crippen molar-refractivity contribution in [3.05, 3.63) is 48.3 Å². The van der Waals surface area contributed by atoms with Crippen molar-refractivity contribution < 1.29 is 14.9 Å². The van der Waals surface area contributed by atoms with Gasteiger partial charge in [-0.05, 0) is 12.1 Å². The van der Waals surface area contributed by atoms with E-state index in [4.69, 9.17) is 4.74 Å². The van der Waals surface area contributed by atoms with Gasteiger partial charge in [-0.3, -0.25) is 4.98 Å². The van der Waals surface area contributed by atoms with Gasteiger partial charge in [0, 0.05) is 24.4 Å². The summed E-state index contributed by atoms with van der Waals surface area (Å²) in [4.78, 5) is 4.09. The molecule has 2 rings (SSSR count). The van der Waals surface area contributed by atoms with Gasteiger partial charge in [-0.25, -0.2) is 0 Å². The normalized spacial score (nSPS) is 10.0. The first-order valence-electron chi connectivity index (χ1n) is 4.80. The van der Waals surface area contributed by atoms with Crippen LogP contribution in [0.1, 0.15) is 5.69 Å². The van der Waals surface area contributed by atoms with Gasteiger partial charge in [-0.1, -0.05) is 6.07 Å². The predicted molar refractivity (Wildman–Crippen MR) is 58.3 cm³/mol. The number of aromatic nitrogens is 1. The SMILES string of the molecule is Oc1cc(O)cc(OCc2ccccn2)c1. The molecule has 0 spiro atoms. The van der Waals surface area contributed by atoms with E-state index in [-0.39, 0.29) is 11.5 Å². The van der Waals surface area contributed by atoms with Crippen molar-refractivity contribution in [1.82, 2.24) is 4.98 Å². The summed E-state index contributed by atoms with van der Waals surface area (Å²) in [6, 6.07) is 9.64. The van der Waals surface area contributed by atoms with Gasteiger partial charge in [-0.15, -0.1) is 0 Å². The summed E-state index contributed by atoms with van der Waals surface area (Å²) in [5.74, 6) is 0.343. The van der Waals surface area contributed by atoms with Gasteiger partial charge >= 0.3 is 0 Å². The molecule has 0 radical (unpaired) electrons. The van der Waals surface area contributed by atoms with E-state index in [1.54, 1.807) is 6.20 Å². The first-order valence-corrected chi connectivity index (χ1v) is 4.80. The highest BCUT2D eigenvalue weighted by molar-refractivity contribution is 5.40. The molecule has 1 aromatic heterocycles. The van der Waals surface area contributed by atoms with Crippen LogP contribution in [0.4, 0.5) is 0 Å². The highest BCUT2D eigenvalue weighted by Crippen LogP contribution is 2.26. The lowest BCUT2D eigenvalue weighted by Gasteiger charge is -2.06. The molecule has 82 valence electrons. The number of nitrogens with zero attached hydrogens (tertiary/aromatic N) is 1. The van der Waals surface area contributed by atoms with E-state index in [1.165, 1.54) is 18.2 Å². The second-order valence-corrected chi connectivity index (χ2v) is 3.29. The third kappa shape index (κ3) is 2.63. The Bertz CT molecular complexity index is 451. The highest BCUT2D eigenvalue weighted by atomic mass is 16.5. The zero-order valence-electron chi connectivity index (χ0n) is 8.50. The van der Waals surface area contributed by atoms with E-state index in [0.717, 1.165) is 5.69 Å². The van der Waals surface area contributed by atoms with Crippen molar-refractivity contribution in [1.29, 1.82) is 0 Å². The monoisotopic (exact) mass is 217 g/mol. The molecule has 16 heavy (non-hydrogen) atoms. The molecule has 0 fully saturated rings. The van der Waals surface area contributed by atoms with Gasteiger partial charge in [0.25, 0.3) is 0 Å². The number of benzene rings is 1. The molecule has 2 aromatic rings. The van der Waals surface area contributed by atoms with Crippen LogP contribution >= 0.6 is 0 Å². The van der Waals surface area contributed by atoms with Gasteiger partial charge in [0.05, 0.1) is 5.69 Å². The lowest BCUT2D eigenvalue weighted by molar-refractivity contribution is 0.297. The maximum absolute atomic E-state index is 9.24. The largest absolute Gasteiger partial charge is 0.508 e. The van der Waals surface area contributed by atoms with E-state index < -0.39 is 0 Å². The Morgan fingerprint density at radius 1 is 1.06 bits per heavy atom. The minimum atomic E-state index is -0.0315. The minimum Gasteiger partial charge on any atom is -0.508 e. The van der Waals surface area contributed by atoms with Crippen LogP contribution < -0.4 is 4.74 Å². The second kappa shape index (κ2) is 4.53. The smallest absolute Gasteiger partial charge is 0.130 e. The van der Waals surface area contributed by atoms with Crippen LogP contribution in [0.15, 0.2) is 42.6 Å². The van der Waals surface area contributed by atoms with Crippen molar-refractivity contribution >= 4 is 0 Å². The summed E-state index contributed by atoms with van der Waals surface area (Å²) in [6.45, 7) is 0.295. The molecule has 0 aliphatic rings. The van der Waals surface area contributed by atoms with Gasteiger partial charge in [-0.2, -0.15) is 0 Å². The Hall–Kier alpha value is -2.23. The van der Waals surface area contributed by atoms with Gasteiger partial charge in [0.15, 0.2) is 0 Å². The zero-order valence-corrected chi connectivity index (χ0v) is 8.50. The fourth-order valence-electron chi connectivity index (χ4n) is 1.29. The first kappa shape index (κ1) is 10.3. The molecule has 4 heteroatoms. The molecular weight excluding hydrogens is 206 g/mol. The fraction of sp³-hybridized carbons (Fsp3) is 0.0833. The predicted octanol–water partition coefficient (Wildman–Crippen LogP) is 2.07. The van der Waals surface area contributed by atoms with E-state index >= 15 is 0 Å². The number of aromatic hydroxyl groups is 2. The standard InChI is InChI=1S/C12H11NO3/c14-10-5-11(15)7-12(6-10)16-8-9-3-1-2-4-13-9/h1-7,14-15H,8H2. The maximum Gasteiger partial charge on any atom is 0.130 e. The lowest BCUT2D eigenvalue weighted by Crippen LogP contribution is -1.97. The Morgan fingerprint density at radius 3 is 2.44 bits per heavy atom. The molecule has 4 nitrogen and oxygen atoms in total. The molecule has 1 heterocycles. The van der Waals surface area contributed by atoms with E-state index in [2.05, 4.69) is 4.98 Å². The van der Waals surface area contributed by atoms with Gasteiger partial charge in [0.2, 0.25) is 0 Å². The maximum atomic E-state index is 9.24. The van der Waals surface area contributed by atoms with Crippen LogP contribution in [0.3, 0.4) is 0 Å². The van der Waals surface area contributed by atoms with Crippen LogP contribution in [0, 0.1) is 0 Å². The summed E-state index contributed by atoms with van der Waals surface area (Å²) in [5.41, 5.74) is 0.783. The summed E-state index contributed by atoms with van der Waals surface area (Å²) in [6.07, 6.45) is 1.68. The molecular formula is C12H11NO3. The Morgan fingerprint density at radius 2 is 1.81 bits per heavy atom. The minimum absolute atomic E-state index is 0.0315. The zero-order chi connectivity index (χ0) is 11.4. The Labute approximate surface area is 92.8 Å². The number of hydrogen-bond acceptors (Lipinski definition) is 4. The van der Waals surface area contributed by atoms with Gasteiger partial charge < -0.3 is 14.9 Å². The first-order chi connectivity index (χ1) is 7.74. The third-order valence-corrected chi connectivity index (χ3v) is 1.99. The average Bonchev–Trinajstić information content (AvgIpc) is 2.27. The van der Waals surface area contributed by atoms with Crippen LogP contribution in [0.5, 0.6) is 17.2 Å². The molecule has 0 amide bonds. The van der Waals surface area contributed by atoms with Crippen LogP contribution in [0.25, 0.3) is 0 Å². The molecule has 0 saturated heterocycles. The van der Waals surface area contributed by atoms with E-state index in [9.17, 15) is 10.2 Å². The Balaban J connectivity index is 2.05. The highest BCUT2D eigenvalue weighted by Gasteiger charge is 2.00. The quantitative estimate of drug-likeness (QED) is 0.826. The molecule has 1 aromatic carbocycles. The molecule has 0 unspecified atom stereocenters. The number of hydrogen-bond donors (Lipinski definition) is 2. The van der Waals surface area contributed by atoms with Crippen molar-refractivity contribution in [3.8, 4) is 17.2 Å². The third-order valence-electron chi connectivity index (χ3n) is 1.99. The molecule has 0 bridgehead atoms. The van der Waals surface area contributed by atoms with Crippen molar-refractivity contribution in [2.24, 2.45) is 0 Å². The molecule has 0 atom stereocenters. The Kier molecular flexibility index (Phi) is 2.91. The topological polar surface area (TPSA) is 62.6 Å². The average molecular weight is 217 g/mol. The molecule has 0 saturated carbocycles. The van der Waals surface area contributed by atoms with E-state index in [0.29, 0.717) is 12.4 Å². The van der Waals surface area contributed by atoms with Crippen molar-refractivity contribution in [3.63, 3.8) is 0 Å². The number of rotatable bonds is 3. The molecule has 2 N–H and O–H groups in total. The number of pyridine rings is 1. The number of phenols is 2. The summed E-state index contributed by atoms with van der Waals surface area (Å²) >= 11 is 0. The van der Waals surface area contributed by atoms with Crippen molar-refractivity contribution in [2.45, 2.75) is 6.61 Å². The molecule has 0 aliphatic heterocycles. The number of phenolic OH excluding ortho intramolecular Hbond substituents is 2. The fourth-order valence-corrected chi connectivity index (χ4v) is 1.29. The van der Waals surface area contributed by atoms with Crippen LogP contribution in [-0.2, 0) is 6.61 Å². The van der Waals surface area contributed by atoms with Crippen molar-refractivity contribution in [2.75, 3.05) is 0 Å². The van der Waals surface area contributed by atoms with Crippen LogP contribution in [-0.4, -0.2) is 15.2 Å². The van der Waals surface area contributed by atoms with Crippen LogP contribution in [0.2, 0.25) is 0 Å². The van der Waals surface area contributed by atoms with Gasteiger partial charge in [0.1, 0.15) is 23.9 Å².